The molecule has 0 spiro atoms. The summed E-state index contributed by atoms with van der Waals surface area (Å²) in [5.41, 5.74) is 0. The van der Waals surface area contributed by atoms with Gasteiger partial charge in [0, 0.05) is 18.0 Å². The van der Waals surface area contributed by atoms with E-state index in [-0.39, 0.29) is 0 Å². The van der Waals surface area contributed by atoms with E-state index in [1.54, 1.807) is 13.1 Å². The van der Waals surface area contributed by atoms with E-state index in [2.05, 4.69) is 15.3 Å². The SMILES string of the molecule is CNc1cc(Sc2ccc(F)c(F)c2)nc(SC)n1. The molecule has 0 fully saturated rings. The second-order valence-corrected chi connectivity index (χ2v) is 5.37. The maximum Gasteiger partial charge on any atom is 0.190 e. The lowest BCUT2D eigenvalue weighted by Crippen LogP contribution is -1.96. The van der Waals surface area contributed by atoms with Gasteiger partial charge in [-0.15, -0.1) is 0 Å². The molecule has 0 aliphatic rings. The Labute approximate surface area is 118 Å². The minimum absolute atomic E-state index is 0.590. The van der Waals surface area contributed by atoms with E-state index in [9.17, 15) is 8.78 Å². The van der Waals surface area contributed by atoms with Crippen LogP contribution in [0.5, 0.6) is 0 Å². The number of thioether (sulfide) groups is 1. The third kappa shape index (κ3) is 3.57. The molecule has 0 saturated carbocycles. The van der Waals surface area contributed by atoms with Crippen LogP contribution in [0.1, 0.15) is 0 Å². The number of halogens is 2. The van der Waals surface area contributed by atoms with Gasteiger partial charge in [-0.25, -0.2) is 18.7 Å². The van der Waals surface area contributed by atoms with Crippen molar-refractivity contribution in [3.63, 3.8) is 0 Å². The maximum atomic E-state index is 13.1. The average Bonchev–Trinajstić information content (AvgIpc) is 2.42. The van der Waals surface area contributed by atoms with Gasteiger partial charge in [-0.1, -0.05) is 23.5 Å². The predicted octanol–water partition coefficient (Wildman–Crippen LogP) is 3.67. The highest BCUT2D eigenvalue weighted by molar-refractivity contribution is 7.99. The summed E-state index contributed by atoms with van der Waals surface area (Å²) in [6.45, 7) is 0. The van der Waals surface area contributed by atoms with Crippen LogP contribution >= 0.6 is 23.5 Å². The Morgan fingerprint density at radius 1 is 1.11 bits per heavy atom. The van der Waals surface area contributed by atoms with Gasteiger partial charge in [-0.05, 0) is 24.5 Å². The first-order valence-electron chi connectivity index (χ1n) is 5.36. The van der Waals surface area contributed by atoms with Gasteiger partial charge in [0.1, 0.15) is 10.8 Å². The number of nitrogens with one attached hydrogen (secondary N) is 1. The summed E-state index contributed by atoms with van der Waals surface area (Å²) in [7, 11) is 1.76. The minimum Gasteiger partial charge on any atom is -0.373 e. The van der Waals surface area contributed by atoms with E-state index < -0.39 is 11.6 Å². The van der Waals surface area contributed by atoms with Gasteiger partial charge in [0.25, 0.3) is 0 Å². The molecule has 0 atom stereocenters. The van der Waals surface area contributed by atoms with E-state index in [0.717, 1.165) is 12.1 Å². The molecule has 1 aromatic carbocycles. The fourth-order valence-electron chi connectivity index (χ4n) is 1.34. The summed E-state index contributed by atoms with van der Waals surface area (Å²) >= 11 is 2.68. The maximum absolute atomic E-state index is 13.1. The van der Waals surface area contributed by atoms with Crippen molar-refractivity contribution in [2.75, 3.05) is 18.6 Å². The van der Waals surface area contributed by atoms with Crippen LogP contribution in [-0.4, -0.2) is 23.3 Å². The largest absolute Gasteiger partial charge is 0.373 e. The van der Waals surface area contributed by atoms with Crippen molar-refractivity contribution in [3.05, 3.63) is 35.9 Å². The molecule has 7 heteroatoms. The van der Waals surface area contributed by atoms with Crippen molar-refractivity contribution in [2.45, 2.75) is 15.1 Å². The zero-order valence-corrected chi connectivity index (χ0v) is 11.9. The molecule has 1 heterocycles. The fourth-order valence-corrected chi connectivity index (χ4v) is 2.62. The second kappa shape index (κ2) is 6.21. The lowest BCUT2D eigenvalue weighted by Gasteiger charge is -2.06. The molecule has 0 aliphatic carbocycles. The smallest absolute Gasteiger partial charge is 0.190 e. The van der Waals surface area contributed by atoms with Gasteiger partial charge in [-0.2, -0.15) is 0 Å². The number of benzene rings is 1. The van der Waals surface area contributed by atoms with E-state index in [4.69, 9.17) is 0 Å². The normalized spacial score (nSPS) is 10.5. The molecule has 0 bridgehead atoms. The van der Waals surface area contributed by atoms with Gasteiger partial charge < -0.3 is 5.32 Å². The van der Waals surface area contributed by atoms with Crippen LogP contribution in [0.2, 0.25) is 0 Å². The van der Waals surface area contributed by atoms with Crippen molar-refractivity contribution < 1.29 is 8.78 Å². The molecular weight excluding hydrogens is 288 g/mol. The van der Waals surface area contributed by atoms with E-state index in [0.29, 0.717) is 20.9 Å². The van der Waals surface area contributed by atoms with Gasteiger partial charge >= 0.3 is 0 Å². The van der Waals surface area contributed by atoms with Crippen LogP contribution in [0.3, 0.4) is 0 Å². The quantitative estimate of drug-likeness (QED) is 0.530. The van der Waals surface area contributed by atoms with Gasteiger partial charge in [0.2, 0.25) is 0 Å². The number of hydrogen-bond donors (Lipinski definition) is 1. The predicted molar refractivity (Wildman–Crippen MR) is 73.8 cm³/mol. The molecule has 0 radical (unpaired) electrons. The molecule has 0 unspecified atom stereocenters. The third-order valence-electron chi connectivity index (χ3n) is 2.23. The molecule has 1 N–H and O–H groups in total. The minimum atomic E-state index is -0.863. The fraction of sp³-hybridized carbons (Fsp3) is 0.167. The van der Waals surface area contributed by atoms with Crippen molar-refractivity contribution >= 4 is 29.3 Å². The molecule has 0 amide bonds. The van der Waals surface area contributed by atoms with Crippen molar-refractivity contribution in [3.8, 4) is 0 Å². The highest BCUT2D eigenvalue weighted by Gasteiger charge is 2.07. The highest BCUT2D eigenvalue weighted by Crippen LogP contribution is 2.29. The Morgan fingerprint density at radius 2 is 1.89 bits per heavy atom. The number of hydrogen-bond acceptors (Lipinski definition) is 5. The summed E-state index contributed by atoms with van der Waals surface area (Å²) in [4.78, 5) is 9.13. The first-order valence-corrected chi connectivity index (χ1v) is 7.40. The second-order valence-electron chi connectivity index (χ2n) is 3.51. The van der Waals surface area contributed by atoms with Gasteiger partial charge in [-0.3, -0.25) is 0 Å². The molecule has 2 aromatic rings. The summed E-state index contributed by atoms with van der Waals surface area (Å²) in [6.07, 6.45) is 1.88. The van der Waals surface area contributed by atoms with Gasteiger partial charge in [0.05, 0.1) is 0 Å². The Hall–Kier alpha value is -1.34. The summed E-state index contributed by atoms with van der Waals surface area (Å²) < 4.78 is 26.0. The van der Waals surface area contributed by atoms with Crippen LogP contribution in [0.25, 0.3) is 0 Å². The van der Waals surface area contributed by atoms with Gasteiger partial charge in [0.15, 0.2) is 16.8 Å². The van der Waals surface area contributed by atoms with Crippen LogP contribution in [-0.2, 0) is 0 Å². The molecule has 2 rings (SSSR count). The summed E-state index contributed by atoms with van der Waals surface area (Å²) in [5.74, 6) is -1.03. The number of rotatable bonds is 4. The molecule has 1 aromatic heterocycles. The van der Waals surface area contributed by atoms with Crippen molar-refractivity contribution in [1.29, 1.82) is 0 Å². The highest BCUT2D eigenvalue weighted by atomic mass is 32.2. The summed E-state index contributed by atoms with van der Waals surface area (Å²) in [6, 6.07) is 5.53. The number of aromatic nitrogens is 2. The zero-order valence-electron chi connectivity index (χ0n) is 10.3. The van der Waals surface area contributed by atoms with Crippen molar-refractivity contribution in [2.24, 2.45) is 0 Å². The van der Waals surface area contributed by atoms with Crippen LogP contribution < -0.4 is 5.32 Å². The molecule has 0 saturated heterocycles. The molecule has 100 valence electrons. The zero-order chi connectivity index (χ0) is 13.8. The average molecular weight is 299 g/mol. The lowest BCUT2D eigenvalue weighted by molar-refractivity contribution is 0.506. The molecular formula is C12H11F2N3S2. The Bertz CT molecular complexity index is 571. The first kappa shape index (κ1) is 14.1. The molecule has 19 heavy (non-hydrogen) atoms. The van der Waals surface area contributed by atoms with Crippen LogP contribution in [0.4, 0.5) is 14.6 Å². The van der Waals surface area contributed by atoms with E-state index in [1.165, 1.54) is 29.6 Å². The van der Waals surface area contributed by atoms with Crippen LogP contribution in [0.15, 0.2) is 39.3 Å². The first-order chi connectivity index (χ1) is 9.12. The monoisotopic (exact) mass is 299 g/mol. The Morgan fingerprint density at radius 3 is 2.53 bits per heavy atom. The van der Waals surface area contributed by atoms with Crippen molar-refractivity contribution in [1.82, 2.24) is 9.97 Å². The van der Waals surface area contributed by atoms with E-state index in [1.807, 2.05) is 6.26 Å². The molecule has 0 aliphatic heterocycles. The molecule has 3 nitrogen and oxygen atoms in total. The van der Waals surface area contributed by atoms with Crippen LogP contribution in [0, 0.1) is 11.6 Å². The number of nitrogens with zero attached hydrogens (tertiary/aromatic N) is 2. The lowest BCUT2D eigenvalue weighted by atomic mass is 10.3. The summed E-state index contributed by atoms with van der Waals surface area (Å²) in [5, 5.41) is 4.23. The third-order valence-corrected chi connectivity index (χ3v) is 3.69. The topological polar surface area (TPSA) is 37.8 Å². The Balaban J connectivity index is 2.29. The Kier molecular flexibility index (Phi) is 4.60. The van der Waals surface area contributed by atoms with E-state index >= 15 is 0 Å². The number of anilines is 1. The standard InChI is InChI=1S/C12H11F2N3S2/c1-15-10-6-11(17-12(16-10)18-2)19-7-3-4-8(13)9(14)5-7/h3-6H,1-2H3,(H,15,16,17).